The van der Waals surface area contributed by atoms with Crippen molar-refractivity contribution >= 4 is 0 Å². The molecule has 0 amide bonds. The van der Waals surface area contributed by atoms with E-state index in [0.717, 1.165) is 17.7 Å². The van der Waals surface area contributed by atoms with Crippen molar-refractivity contribution in [1.29, 1.82) is 10.5 Å². The van der Waals surface area contributed by atoms with Crippen molar-refractivity contribution in [2.45, 2.75) is 26.7 Å². The highest BCUT2D eigenvalue weighted by Gasteiger charge is 2.16. The molecule has 1 aromatic heterocycles. The van der Waals surface area contributed by atoms with Gasteiger partial charge >= 0.3 is 0 Å². The summed E-state index contributed by atoms with van der Waals surface area (Å²) in [6, 6.07) is 10.8. The molecule has 0 unspecified atom stereocenters. The molecule has 0 aliphatic heterocycles. The van der Waals surface area contributed by atoms with Crippen LogP contribution in [0.5, 0.6) is 11.6 Å². The fourth-order valence-corrected chi connectivity index (χ4v) is 2.05. The second kappa shape index (κ2) is 6.49. The zero-order chi connectivity index (χ0) is 15.2. The maximum atomic E-state index is 9.37. The van der Waals surface area contributed by atoms with E-state index in [9.17, 15) is 5.26 Å². The highest BCUT2D eigenvalue weighted by Crippen LogP contribution is 2.26. The van der Waals surface area contributed by atoms with E-state index in [4.69, 9.17) is 10.00 Å². The van der Waals surface area contributed by atoms with Crippen molar-refractivity contribution < 1.29 is 4.74 Å². The van der Waals surface area contributed by atoms with Crippen LogP contribution in [-0.2, 0) is 12.8 Å². The normalized spacial score (nSPS) is 9.71. The average Bonchev–Trinajstić information content (AvgIpc) is 2.54. The molecule has 0 atom stereocenters. The van der Waals surface area contributed by atoms with Gasteiger partial charge in [0.2, 0.25) is 0 Å². The largest absolute Gasteiger partial charge is 0.437 e. The van der Waals surface area contributed by atoms with Gasteiger partial charge in [-0.05, 0) is 42.7 Å². The molecule has 0 fully saturated rings. The van der Waals surface area contributed by atoms with E-state index in [0.29, 0.717) is 23.3 Å². The van der Waals surface area contributed by atoms with Gasteiger partial charge in [-0.3, -0.25) is 0 Å². The molecule has 0 aliphatic carbocycles. The molecule has 0 saturated heterocycles. The van der Waals surface area contributed by atoms with Crippen LogP contribution in [0.3, 0.4) is 0 Å². The second-order valence-electron chi connectivity index (χ2n) is 4.36. The number of hydrogen-bond acceptors (Lipinski definition) is 5. The Labute approximate surface area is 123 Å². The zero-order valence-electron chi connectivity index (χ0n) is 11.9. The predicted molar refractivity (Wildman–Crippen MR) is 76.7 cm³/mol. The summed E-state index contributed by atoms with van der Waals surface area (Å²) in [5, 5.41) is 26.3. The summed E-state index contributed by atoms with van der Waals surface area (Å²) in [5.74, 6) is 0.724. The smallest absolute Gasteiger partial charge is 0.257 e. The molecule has 0 aliphatic rings. The third-order valence-corrected chi connectivity index (χ3v) is 3.12. The minimum absolute atomic E-state index is 0.205. The van der Waals surface area contributed by atoms with Crippen LogP contribution in [-0.4, -0.2) is 10.2 Å². The van der Waals surface area contributed by atoms with Gasteiger partial charge in [-0.15, -0.1) is 5.10 Å². The van der Waals surface area contributed by atoms with E-state index in [1.54, 1.807) is 24.3 Å². The van der Waals surface area contributed by atoms with Gasteiger partial charge in [0, 0.05) is 0 Å². The number of aryl methyl sites for hydroxylation is 1. The SMILES string of the molecule is CCc1nnc(Oc2ccc(C#N)cc2)c(C#N)c1CC. The lowest BCUT2D eigenvalue weighted by atomic mass is 10.0. The van der Waals surface area contributed by atoms with Gasteiger partial charge in [0.05, 0.1) is 17.3 Å². The van der Waals surface area contributed by atoms with Gasteiger partial charge < -0.3 is 4.74 Å². The summed E-state index contributed by atoms with van der Waals surface area (Å²) in [4.78, 5) is 0. The highest BCUT2D eigenvalue weighted by atomic mass is 16.5. The van der Waals surface area contributed by atoms with Gasteiger partial charge in [0.25, 0.3) is 5.88 Å². The third kappa shape index (κ3) is 2.98. The van der Waals surface area contributed by atoms with Crippen molar-refractivity contribution in [3.63, 3.8) is 0 Å². The summed E-state index contributed by atoms with van der Waals surface area (Å²) >= 11 is 0. The first-order chi connectivity index (χ1) is 10.2. The fourth-order valence-electron chi connectivity index (χ4n) is 2.05. The Bertz CT molecular complexity index is 724. The number of aromatic nitrogens is 2. The first kappa shape index (κ1) is 14.5. The first-order valence-corrected chi connectivity index (χ1v) is 6.70. The van der Waals surface area contributed by atoms with E-state index >= 15 is 0 Å². The molecule has 1 heterocycles. The van der Waals surface area contributed by atoms with Crippen molar-refractivity contribution in [1.82, 2.24) is 10.2 Å². The molecule has 2 aromatic rings. The number of benzene rings is 1. The van der Waals surface area contributed by atoms with Gasteiger partial charge in [-0.25, -0.2) is 0 Å². The summed E-state index contributed by atoms with van der Waals surface area (Å²) in [7, 11) is 0. The number of ether oxygens (including phenoxy) is 1. The topological polar surface area (TPSA) is 82.6 Å². The van der Waals surface area contributed by atoms with Crippen molar-refractivity contribution in [3.05, 3.63) is 46.6 Å². The standard InChI is InChI=1S/C16H14N4O/c1-3-13-14(10-18)16(20-19-15(13)4-2)21-12-7-5-11(9-17)6-8-12/h5-8H,3-4H2,1-2H3. The zero-order valence-corrected chi connectivity index (χ0v) is 11.9. The van der Waals surface area contributed by atoms with E-state index in [2.05, 4.69) is 16.3 Å². The van der Waals surface area contributed by atoms with Gasteiger partial charge in [-0.2, -0.15) is 15.6 Å². The molecule has 0 N–H and O–H groups in total. The van der Waals surface area contributed by atoms with E-state index in [1.165, 1.54) is 0 Å². The lowest BCUT2D eigenvalue weighted by molar-refractivity contribution is 0.451. The highest BCUT2D eigenvalue weighted by molar-refractivity contribution is 5.48. The van der Waals surface area contributed by atoms with Crippen molar-refractivity contribution in [2.75, 3.05) is 0 Å². The monoisotopic (exact) mass is 278 g/mol. The molecule has 5 nitrogen and oxygen atoms in total. The fraction of sp³-hybridized carbons (Fsp3) is 0.250. The summed E-state index contributed by atoms with van der Waals surface area (Å²) in [6.45, 7) is 3.95. The maximum Gasteiger partial charge on any atom is 0.257 e. The molecule has 0 spiro atoms. The lowest BCUT2D eigenvalue weighted by Crippen LogP contribution is -2.05. The Kier molecular flexibility index (Phi) is 4.48. The Morgan fingerprint density at radius 2 is 1.71 bits per heavy atom. The van der Waals surface area contributed by atoms with Crippen LogP contribution in [0.25, 0.3) is 0 Å². The van der Waals surface area contributed by atoms with Crippen LogP contribution >= 0.6 is 0 Å². The molecular formula is C16H14N4O. The first-order valence-electron chi connectivity index (χ1n) is 6.70. The van der Waals surface area contributed by atoms with Gasteiger partial charge in [0.15, 0.2) is 0 Å². The van der Waals surface area contributed by atoms with Crippen molar-refractivity contribution in [3.8, 4) is 23.8 Å². The Hall–Kier alpha value is -2.92. The molecule has 0 radical (unpaired) electrons. The van der Waals surface area contributed by atoms with Crippen LogP contribution in [0.1, 0.15) is 36.2 Å². The summed E-state index contributed by atoms with van der Waals surface area (Å²) < 4.78 is 5.64. The Morgan fingerprint density at radius 3 is 2.24 bits per heavy atom. The number of rotatable bonds is 4. The summed E-state index contributed by atoms with van der Waals surface area (Å²) in [5.41, 5.74) is 2.66. The molecule has 1 aromatic carbocycles. The quantitative estimate of drug-likeness (QED) is 0.858. The van der Waals surface area contributed by atoms with Crippen LogP contribution in [0.2, 0.25) is 0 Å². The van der Waals surface area contributed by atoms with Crippen LogP contribution < -0.4 is 4.74 Å². The molecular weight excluding hydrogens is 264 g/mol. The van der Waals surface area contributed by atoms with Gasteiger partial charge in [-0.1, -0.05) is 13.8 Å². The summed E-state index contributed by atoms with van der Waals surface area (Å²) in [6.07, 6.45) is 1.42. The van der Waals surface area contributed by atoms with E-state index in [-0.39, 0.29) is 5.88 Å². The Balaban J connectivity index is 2.40. The average molecular weight is 278 g/mol. The van der Waals surface area contributed by atoms with Crippen LogP contribution in [0.15, 0.2) is 24.3 Å². The number of hydrogen-bond donors (Lipinski definition) is 0. The maximum absolute atomic E-state index is 9.37. The molecule has 2 rings (SSSR count). The minimum atomic E-state index is 0.205. The van der Waals surface area contributed by atoms with Crippen molar-refractivity contribution in [2.24, 2.45) is 0 Å². The van der Waals surface area contributed by atoms with Gasteiger partial charge in [0.1, 0.15) is 17.4 Å². The molecule has 0 saturated carbocycles. The minimum Gasteiger partial charge on any atom is -0.437 e. The van der Waals surface area contributed by atoms with Crippen LogP contribution in [0.4, 0.5) is 0 Å². The third-order valence-electron chi connectivity index (χ3n) is 3.12. The molecule has 5 heteroatoms. The van der Waals surface area contributed by atoms with Crippen LogP contribution in [0, 0.1) is 22.7 Å². The number of nitrogens with zero attached hydrogens (tertiary/aromatic N) is 4. The molecule has 21 heavy (non-hydrogen) atoms. The van der Waals surface area contributed by atoms with E-state index < -0.39 is 0 Å². The van der Waals surface area contributed by atoms with E-state index in [1.807, 2.05) is 19.9 Å². The Morgan fingerprint density at radius 1 is 1.00 bits per heavy atom. The number of nitriles is 2. The molecule has 104 valence electrons. The molecule has 0 bridgehead atoms. The second-order valence-corrected chi connectivity index (χ2v) is 4.36. The lowest BCUT2D eigenvalue weighted by Gasteiger charge is -2.11. The predicted octanol–water partition coefficient (Wildman–Crippen LogP) is 3.14.